The molecule has 0 radical (unpaired) electrons. The van der Waals surface area contributed by atoms with Crippen LogP contribution >= 0.6 is 0 Å². The molecule has 0 heterocycles. The van der Waals surface area contributed by atoms with E-state index in [1.165, 1.54) is 6.07 Å². The van der Waals surface area contributed by atoms with Crippen LogP contribution in [-0.4, -0.2) is 11.0 Å². The summed E-state index contributed by atoms with van der Waals surface area (Å²) in [6.07, 6.45) is 0.615. The molecule has 0 bridgehead atoms. The van der Waals surface area contributed by atoms with Crippen molar-refractivity contribution < 1.29 is 9.72 Å². The standard InChI is InChI=1S/C22H19N3O3/c1-14(15-5-3-2-4-6-15)23-22(26)24-18-7-9-20-16(12-18)11-17-13-19(25(27)28)8-10-21(17)20/h2-10,12-14H,11H2,1H3,(H2,23,24,26)/t14-/m1/s1. The van der Waals surface area contributed by atoms with Crippen molar-refractivity contribution in [3.8, 4) is 11.1 Å². The number of rotatable bonds is 4. The Morgan fingerprint density at radius 2 is 1.68 bits per heavy atom. The summed E-state index contributed by atoms with van der Waals surface area (Å²) in [7, 11) is 0. The molecule has 3 aromatic rings. The van der Waals surface area contributed by atoms with E-state index in [1.807, 2.05) is 55.5 Å². The van der Waals surface area contributed by atoms with Crippen molar-refractivity contribution in [1.29, 1.82) is 0 Å². The molecule has 6 nitrogen and oxygen atoms in total. The number of benzene rings is 3. The number of non-ortho nitro benzene ring substituents is 1. The minimum absolute atomic E-state index is 0.0965. The molecule has 1 aliphatic rings. The quantitative estimate of drug-likeness (QED) is 0.388. The lowest BCUT2D eigenvalue weighted by Crippen LogP contribution is -2.31. The Morgan fingerprint density at radius 3 is 2.39 bits per heavy atom. The topological polar surface area (TPSA) is 84.3 Å². The van der Waals surface area contributed by atoms with Crippen molar-refractivity contribution in [2.75, 3.05) is 5.32 Å². The first kappa shape index (κ1) is 17.7. The van der Waals surface area contributed by atoms with Gasteiger partial charge in [0, 0.05) is 17.8 Å². The zero-order chi connectivity index (χ0) is 19.7. The van der Waals surface area contributed by atoms with Gasteiger partial charge in [-0.2, -0.15) is 0 Å². The van der Waals surface area contributed by atoms with Gasteiger partial charge in [0.25, 0.3) is 5.69 Å². The number of nitro groups is 1. The molecule has 4 rings (SSSR count). The zero-order valence-electron chi connectivity index (χ0n) is 15.3. The molecule has 1 atom stereocenters. The summed E-state index contributed by atoms with van der Waals surface area (Å²) >= 11 is 0. The molecule has 0 aliphatic heterocycles. The monoisotopic (exact) mass is 373 g/mol. The van der Waals surface area contributed by atoms with Gasteiger partial charge < -0.3 is 10.6 Å². The number of hydrogen-bond acceptors (Lipinski definition) is 3. The molecule has 0 aromatic heterocycles. The average Bonchev–Trinajstić information content (AvgIpc) is 3.05. The van der Waals surface area contributed by atoms with E-state index in [2.05, 4.69) is 10.6 Å². The van der Waals surface area contributed by atoms with Crippen LogP contribution in [0, 0.1) is 10.1 Å². The van der Waals surface area contributed by atoms with Gasteiger partial charge in [0.1, 0.15) is 0 Å². The molecule has 6 heteroatoms. The molecule has 0 fully saturated rings. The number of nitrogens with one attached hydrogen (secondary N) is 2. The maximum absolute atomic E-state index is 12.3. The minimum atomic E-state index is -0.380. The van der Waals surface area contributed by atoms with Gasteiger partial charge in [0.2, 0.25) is 0 Å². The van der Waals surface area contributed by atoms with E-state index in [0.717, 1.165) is 27.8 Å². The van der Waals surface area contributed by atoms with Gasteiger partial charge in [-0.05, 0) is 59.4 Å². The van der Waals surface area contributed by atoms with Crippen LogP contribution in [0.4, 0.5) is 16.2 Å². The third kappa shape index (κ3) is 3.44. The van der Waals surface area contributed by atoms with Gasteiger partial charge in [0.05, 0.1) is 11.0 Å². The lowest BCUT2D eigenvalue weighted by Gasteiger charge is -2.15. The van der Waals surface area contributed by atoms with Crippen LogP contribution in [0.3, 0.4) is 0 Å². The highest BCUT2D eigenvalue weighted by molar-refractivity contribution is 5.91. The fraction of sp³-hybridized carbons (Fsp3) is 0.136. The number of nitrogens with zero attached hydrogens (tertiary/aromatic N) is 1. The number of amides is 2. The highest BCUT2D eigenvalue weighted by atomic mass is 16.6. The zero-order valence-corrected chi connectivity index (χ0v) is 15.3. The maximum Gasteiger partial charge on any atom is 0.319 e. The molecule has 0 unspecified atom stereocenters. The average molecular weight is 373 g/mol. The lowest BCUT2D eigenvalue weighted by atomic mass is 10.1. The van der Waals surface area contributed by atoms with Crippen LogP contribution in [0.5, 0.6) is 0 Å². The minimum Gasteiger partial charge on any atom is -0.331 e. The fourth-order valence-corrected chi connectivity index (χ4v) is 3.58. The van der Waals surface area contributed by atoms with Crippen molar-refractivity contribution in [3.63, 3.8) is 0 Å². The predicted molar refractivity (Wildman–Crippen MR) is 108 cm³/mol. The normalized spacial score (nSPS) is 12.6. The SMILES string of the molecule is C[C@@H](NC(=O)Nc1ccc2c(c1)Cc1cc([N+](=O)[O-])ccc1-2)c1ccccc1. The summed E-state index contributed by atoms with van der Waals surface area (Å²) in [5.41, 5.74) is 5.86. The van der Waals surface area contributed by atoms with E-state index < -0.39 is 0 Å². The predicted octanol–water partition coefficient (Wildman–Crippen LogP) is 5.05. The first-order valence-electron chi connectivity index (χ1n) is 9.04. The van der Waals surface area contributed by atoms with E-state index in [1.54, 1.807) is 12.1 Å². The molecule has 1 aliphatic carbocycles. The summed E-state index contributed by atoms with van der Waals surface area (Å²) in [6, 6.07) is 20.0. The molecule has 3 aromatic carbocycles. The molecule has 28 heavy (non-hydrogen) atoms. The summed E-state index contributed by atoms with van der Waals surface area (Å²) in [4.78, 5) is 22.9. The van der Waals surface area contributed by atoms with Crippen molar-refractivity contribution in [3.05, 3.63) is 93.5 Å². The summed E-state index contributed by atoms with van der Waals surface area (Å²) in [5, 5.41) is 16.8. The van der Waals surface area contributed by atoms with Crippen molar-refractivity contribution in [2.45, 2.75) is 19.4 Å². The van der Waals surface area contributed by atoms with E-state index in [0.29, 0.717) is 12.1 Å². The first-order valence-corrected chi connectivity index (χ1v) is 9.04. The summed E-state index contributed by atoms with van der Waals surface area (Å²) < 4.78 is 0. The second kappa shape index (κ2) is 7.15. The van der Waals surface area contributed by atoms with E-state index >= 15 is 0 Å². The first-order chi connectivity index (χ1) is 13.5. The smallest absolute Gasteiger partial charge is 0.319 e. The van der Waals surface area contributed by atoms with Gasteiger partial charge >= 0.3 is 6.03 Å². The number of nitro benzene ring substituents is 1. The Hall–Kier alpha value is -3.67. The third-order valence-electron chi connectivity index (χ3n) is 4.98. The van der Waals surface area contributed by atoms with Gasteiger partial charge in [-0.15, -0.1) is 0 Å². The van der Waals surface area contributed by atoms with E-state index in [-0.39, 0.29) is 22.7 Å². The van der Waals surface area contributed by atoms with E-state index in [4.69, 9.17) is 0 Å². The number of hydrogen-bond donors (Lipinski definition) is 2. The second-order valence-corrected chi connectivity index (χ2v) is 6.88. The van der Waals surface area contributed by atoms with Gasteiger partial charge in [-0.1, -0.05) is 36.4 Å². The van der Waals surface area contributed by atoms with Gasteiger partial charge in [-0.3, -0.25) is 10.1 Å². The molecule has 2 amide bonds. The van der Waals surface area contributed by atoms with Crippen molar-refractivity contribution >= 4 is 17.4 Å². The maximum atomic E-state index is 12.3. The van der Waals surface area contributed by atoms with Crippen LogP contribution in [0.25, 0.3) is 11.1 Å². The molecular weight excluding hydrogens is 354 g/mol. The summed E-state index contributed by atoms with van der Waals surface area (Å²) in [6.45, 7) is 1.93. The Kier molecular flexibility index (Phi) is 4.53. The fourth-order valence-electron chi connectivity index (χ4n) is 3.58. The molecular formula is C22H19N3O3. The highest BCUT2D eigenvalue weighted by Gasteiger charge is 2.21. The second-order valence-electron chi connectivity index (χ2n) is 6.88. The summed E-state index contributed by atoms with van der Waals surface area (Å²) in [5.74, 6) is 0. The van der Waals surface area contributed by atoms with Crippen molar-refractivity contribution in [2.24, 2.45) is 0 Å². The van der Waals surface area contributed by atoms with Gasteiger partial charge in [0.15, 0.2) is 0 Å². The number of fused-ring (bicyclic) bond motifs is 3. The molecule has 140 valence electrons. The van der Waals surface area contributed by atoms with Gasteiger partial charge in [-0.25, -0.2) is 4.79 Å². The number of carbonyl (C=O) groups excluding carboxylic acids is 1. The largest absolute Gasteiger partial charge is 0.331 e. The lowest BCUT2D eigenvalue weighted by molar-refractivity contribution is -0.384. The van der Waals surface area contributed by atoms with Crippen LogP contribution in [0.15, 0.2) is 66.7 Å². The molecule has 0 saturated heterocycles. The third-order valence-corrected chi connectivity index (χ3v) is 4.98. The number of anilines is 1. The molecule has 0 spiro atoms. The van der Waals surface area contributed by atoms with Crippen LogP contribution in [0.1, 0.15) is 29.7 Å². The van der Waals surface area contributed by atoms with Crippen molar-refractivity contribution in [1.82, 2.24) is 5.32 Å². The Morgan fingerprint density at radius 1 is 1.00 bits per heavy atom. The Balaban J connectivity index is 1.47. The van der Waals surface area contributed by atoms with Crippen LogP contribution < -0.4 is 10.6 Å². The highest BCUT2D eigenvalue weighted by Crippen LogP contribution is 2.39. The number of carbonyl (C=O) groups is 1. The van der Waals surface area contributed by atoms with Crippen LogP contribution in [-0.2, 0) is 6.42 Å². The Bertz CT molecular complexity index is 1060. The molecule has 0 saturated carbocycles. The van der Waals surface area contributed by atoms with Crippen LogP contribution in [0.2, 0.25) is 0 Å². The van der Waals surface area contributed by atoms with E-state index in [9.17, 15) is 14.9 Å². The Labute approximate surface area is 162 Å². The number of urea groups is 1. The molecule has 2 N–H and O–H groups in total.